The minimum absolute atomic E-state index is 0.236. The standard InChI is InChI=1S/C9H12Cl2Si/c1-12(2,9(10)11)8-6-4-3-5-7-8/h3-7,9H,1-2H3. The maximum atomic E-state index is 5.93. The smallest absolute Gasteiger partial charge is 0.109 e. The first kappa shape index (κ1) is 10.1. The lowest BCUT2D eigenvalue weighted by atomic mass is 10.4. The Bertz CT molecular complexity index is 244. The Morgan fingerprint density at radius 1 is 1.08 bits per heavy atom. The Hall–Kier alpha value is 0.0169. The molecule has 0 nitrogen and oxygen atoms in total. The van der Waals surface area contributed by atoms with E-state index >= 15 is 0 Å². The maximum Gasteiger partial charge on any atom is 0.118 e. The second-order valence-corrected chi connectivity index (χ2v) is 9.81. The topological polar surface area (TPSA) is 0 Å². The van der Waals surface area contributed by atoms with E-state index in [0.717, 1.165) is 0 Å². The highest BCUT2D eigenvalue weighted by Crippen LogP contribution is 2.17. The van der Waals surface area contributed by atoms with Gasteiger partial charge in [-0.3, -0.25) is 0 Å². The zero-order valence-electron chi connectivity index (χ0n) is 7.22. The van der Waals surface area contributed by atoms with Gasteiger partial charge in [-0.25, -0.2) is 0 Å². The van der Waals surface area contributed by atoms with E-state index in [2.05, 4.69) is 25.2 Å². The van der Waals surface area contributed by atoms with E-state index in [0.29, 0.717) is 0 Å². The normalized spacial score (nSPS) is 12.1. The van der Waals surface area contributed by atoms with Crippen molar-refractivity contribution in [2.45, 2.75) is 17.6 Å². The van der Waals surface area contributed by atoms with Crippen LogP contribution in [0, 0.1) is 0 Å². The van der Waals surface area contributed by atoms with Crippen molar-refractivity contribution < 1.29 is 0 Å². The third-order valence-electron chi connectivity index (χ3n) is 2.06. The van der Waals surface area contributed by atoms with Crippen LogP contribution in [0.1, 0.15) is 0 Å². The average molecular weight is 219 g/mol. The molecule has 0 saturated heterocycles. The van der Waals surface area contributed by atoms with Crippen LogP contribution >= 0.6 is 23.2 Å². The van der Waals surface area contributed by atoms with Crippen LogP contribution in [-0.4, -0.2) is 12.5 Å². The Kier molecular flexibility index (Phi) is 3.21. The first-order valence-corrected chi connectivity index (χ1v) is 7.84. The quantitative estimate of drug-likeness (QED) is 0.530. The van der Waals surface area contributed by atoms with Crippen LogP contribution in [-0.2, 0) is 0 Å². The molecule has 0 fully saturated rings. The first-order valence-electron chi connectivity index (χ1n) is 3.89. The molecular weight excluding hydrogens is 207 g/mol. The molecule has 0 aliphatic rings. The molecule has 0 bridgehead atoms. The number of rotatable bonds is 2. The summed E-state index contributed by atoms with van der Waals surface area (Å²) in [5, 5.41) is 1.31. The Labute approximate surface area is 84.5 Å². The highest BCUT2D eigenvalue weighted by molar-refractivity contribution is 7.01. The summed E-state index contributed by atoms with van der Waals surface area (Å²) in [6.45, 7) is 4.35. The molecule has 0 saturated carbocycles. The van der Waals surface area contributed by atoms with Gasteiger partial charge in [0.2, 0.25) is 0 Å². The van der Waals surface area contributed by atoms with Crippen molar-refractivity contribution in [2.75, 3.05) is 0 Å². The van der Waals surface area contributed by atoms with Gasteiger partial charge in [-0.2, -0.15) is 0 Å². The molecule has 0 atom stereocenters. The minimum Gasteiger partial charge on any atom is -0.109 e. The summed E-state index contributed by atoms with van der Waals surface area (Å²) >= 11 is 11.9. The first-order chi connectivity index (χ1) is 5.55. The number of halogens is 2. The lowest BCUT2D eigenvalue weighted by Gasteiger charge is -2.23. The summed E-state index contributed by atoms with van der Waals surface area (Å²) in [4.78, 5) is 0. The molecule has 1 aromatic carbocycles. The molecule has 1 rings (SSSR count). The molecule has 3 heteroatoms. The molecule has 0 N–H and O–H groups in total. The molecule has 0 unspecified atom stereocenters. The van der Waals surface area contributed by atoms with Gasteiger partial charge in [0, 0.05) is 0 Å². The van der Waals surface area contributed by atoms with E-state index < -0.39 is 8.07 Å². The van der Waals surface area contributed by atoms with E-state index in [1.54, 1.807) is 0 Å². The number of hydrogen-bond donors (Lipinski definition) is 0. The predicted molar refractivity (Wildman–Crippen MR) is 59.1 cm³/mol. The second-order valence-electron chi connectivity index (χ2n) is 3.39. The van der Waals surface area contributed by atoms with Gasteiger partial charge in [0.1, 0.15) is 12.5 Å². The average Bonchev–Trinajstić information content (AvgIpc) is 2.06. The molecule has 0 aromatic heterocycles. The molecule has 66 valence electrons. The van der Waals surface area contributed by atoms with Crippen molar-refractivity contribution in [3.63, 3.8) is 0 Å². The number of hydrogen-bond acceptors (Lipinski definition) is 0. The van der Waals surface area contributed by atoms with Gasteiger partial charge >= 0.3 is 0 Å². The van der Waals surface area contributed by atoms with E-state index in [-0.39, 0.29) is 4.46 Å². The molecule has 1 aromatic rings. The van der Waals surface area contributed by atoms with Gasteiger partial charge in [-0.15, -0.1) is 23.2 Å². The van der Waals surface area contributed by atoms with Crippen LogP contribution in [0.3, 0.4) is 0 Å². The zero-order chi connectivity index (χ0) is 9.19. The van der Waals surface area contributed by atoms with Crippen molar-refractivity contribution in [3.8, 4) is 0 Å². The molecule has 12 heavy (non-hydrogen) atoms. The van der Waals surface area contributed by atoms with Crippen molar-refractivity contribution in [1.29, 1.82) is 0 Å². The largest absolute Gasteiger partial charge is 0.118 e. The van der Waals surface area contributed by atoms with E-state index in [4.69, 9.17) is 23.2 Å². The Morgan fingerprint density at radius 3 is 2.00 bits per heavy atom. The fourth-order valence-corrected chi connectivity index (χ4v) is 3.05. The van der Waals surface area contributed by atoms with E-state index in [9.17, 15) is 0 Å². The second kappa shape index (κ2) is 3.82. The fraction of sp³-hybridized carbons (Fsp3) is 0.333. The van der Waals surface area contributed by atoms with Crippen molar-refractivity contribution >= 4 is 36.5 Å². The van der Waals surface area contributed by atoms with Crippen LogP contribution in [0.15, 0.2) is 30.3 Å². The van der Waals surface area contributed by atoms with Gasteiger partial charge in [-0.1, -0.05) is 48.6 Å². The molecule has 0 radical (unpaired) electrons. The van der Waals surface area contributed by atoms with Crippen LogP contribution in [0.2, 0.25) is 13.1 Å². The molecule has 0 aliphatic carbocycles. The summed E-state index contributed by atoms with van der Waals surface area (Å²) in [6, 6.07) is 10.3. The third kappa shape index (κ3) is 2.03. The lowest BCUT2D eigenvalue weighted by Crippen LogP contribution is -2.47. The van der Waals surface area contributed by atoms with Gasteiger partial charge in [-0.05, 0) is 0 Å². The van der Waals surface area contributed by atoms with Gasteiger partial charge < -0.3 is 0 Å². The van der Waals surface area contributed by atoms with Crippen molar-refractivity contribution in [2.24, 2.45) is 0 Å². The molecule has 0 heterocycles. The molecule has 0 spiro atoms. The van der Waals surface area contributed by atoms with Gasteiger partial charge in [0.15, 0.2) is 0 Å². The summed E-state index contributed by atoms with van der Waals surface area (Å²) in [7, 11) is -1.63. The summed E-state index contributed by atoms with van der Waals surface area (Å²) < 4.78 is -0.236. The minimum atomic E-state index is -1.63. The Morgan fingerprint density at radius 2 is 1.58 bits per heavy atom. The van der Waals surface area contributed by atoms with Crippen LogP contribution in [0.4, 0.5) is 0 Å². The molecular formula is C9H12Cl2Si. The van der Waals surface area contributed by atoms with Gasteiger partial charge in [0.25, 0.3) is 0 Å². The third-order valence-corrected chi connectivity index (χ3v) is 8.25. The van der Waals surface area contributed by atoms with E-state index in [1.807, 2.05) is 18.2 Å². The fourth-order valence-electron chi connectivity index (χ4n) is 0.994. The van der Waals surface area contributed by atoms with Crippen molar-refractivity contribution in [3.05, 3.63) is 30.3 Å². The number of alkyl halides is 2. The van der Waals surface area contributed by atoms with Crippen molar-refractivity contribution in [1.82, 2.24) is 0 Å². The Balaban J connectivity index is 2.98. The van der Waals surface area contributed by atoms with Crippen LogP contribution in [0.5, 0.6) is 0 Å². The SMILES string of the molecule is C[Si](C)(c1ccccc1)C(Cl)Cl. The number of benzene rings is 1. The van der Waals surface area contributed by atoms with E-state index in [1.165, 1.54) is 5.19 Å². The molecule has 0 amide bonds. The summed E-state index contributed by atoms with van der Waals surface area (Å²) in [6.07, 6.45) is 0. The zero-order valence-corrected chi connectivity index (χ0v) is 9.73. The summed E-state index contributed by atoms with van der Waals surface area (Å²) in [5.74, 6) is 0. The monoisotopic (exact) mass is 218 g/mol. The summed E-state index contributed by atoms with van der Waals surface area (Å²) in [5.41, 5.74) is 0. The van der Waals surface area contributed by atoms with Gasteiger partial charge in [0.05, 0.1) is 0 Å². The predicted octanol–water partition coefficient (Wildman–Crippen LogP) is 2.94. The molecule has 0 aliphatic heterocycles. The van der Waals surface area contributed by atoms with Crippen LogP contribution in [0.25, 0.3) is 0 Å². The maximum absolute atomic E-state index is 5.93. The highest BCUT2D eigenvalue weighted by atomic mass is 35.5. The van der Waals surface area contributed by atoms with Crippen LogP contribution < -0.4 is 5.19 Å². The highest BCUT2D eigenvalue weighted by Gasteiger charge is 2.30. The lowest BCUT2D eigenvalue weighted by molar-refractivity contribution is 1.60.